The molecule has 1 heterocycles. The van der Waals surface area contributed by atoms with Crippen LogP contribution in [0, 0.1) is 0 Å². The Bertz CT molecular complexity index is 442. The Morgan fingerprint density at radius 1 is 1.29 bits per heavy atom. The molecule has 0 fully saturated rings. The minimum atomic E-state index is 0.222. The Hall–Kier alpha value is -0.340. The van der Waals surface area contributed by atoms with Gasteiger partial charge in [-0.3, -0.25) is 0 Å². The minimum Gasteiger partial charge on any atom is -0.144 e. The summed E-state index contributed by atoms with van der Waals surface area (Å²) in [6, 6.07) is 8.62. The predicted molar refractivity (Wildman–Crippen MR) is 68.6 cm³/mol. The number of halogens is 1. The molecule has 0 bridgehead atoms. The molecule has 2 rings (SSSR count). The average molecular weight is 269 g/mol. The fourth-order valence-corrected chi connectivity index (χ4v) is 3.03. The molecule has 0 saturated carbocycles. The Balaban J connectivity index is 2.64. The predicted octanol–water partition coefficient (Wildman–Crippen LogP) is 4.57. The summed E-state index contributed by atoms with van der Waals surface area (Å²) in [5, 5.41) is 4.69. The Labute approximate surface area is 97.1 Å². The number of hydrogen-bond donors (Lipinski definition) is 0. The minimum absolute atomic E-state index is 0.222. The molecule has 0 amide bonds. The summed E-state index contributed by atoms with van der Waals surface area (Å²) in [5.41, 5.74) is 1.68. The van der Waals surface area contributed by atoms with Gasteiger partial charge in [0.25, 0.3) is 0 Å². The quantitative estimate of drug-likeness (QED) is 0.700. The molecule has 2 aromatic rings. The van der Waals surface area contributed by atoms with Crippen molar-refractivity contribution >= 4 is 37.4 Å². The van der Waals surface area contributed by atoms with Crippen LogP contribution in [0.25, 0.3) is 10.1 Å². The molecular weight excluding hydrogens is 256 g/mol. The number of alkyl halides is 1. The van der Waals surface area contributed by atoms with E-state index in [-0.39, 0.29) is 5.41 Å². The summed E-state index contributed by atoms with van der Waals surface area (Å²) in [6.45, 7) is 4.55. The molecule has 0 saturated heterocycles. The molecule has 0 spiro atoms. The van der Waals surface area contributed by atoms with Crippen LogP contribution in [0.3, 0.4) is 0 Å². The van der Waals surface area contributed by atoms with Crippen molar-refractivity contribution in [3.05, 3.63) is 35.2 Å². The van der Waals surface area contributed by atoms with Gasteiger partial charge in [-0.15, -0.1) is 11.3 Å². The molecular formula is C12H13BrS. The van der Waals surface area contributed by atoms with Crippen molar-refractivity contribution in [3.63, 3.8) is 0 Å². The van der Waals surface area contributed by atoms with Crippen LogP contribution in [0.4, 0.5) is 0 Å². The second-order valence-electron chi connectivity index (χ2n) is 4.16. The first-order valence-electron chi connectivity index (χ1n) is 4.68. The highest BCUT2D eigenvalue weighted by atomic mass is 79.9. The maximum absolute atomic E-state index is 3.58. The molecule has 0 unspecified atom stereocenters. The molecule has 0 radical (unpaired) electrons. The Kier molecular flexibility index (Phi) is 2.67. The standard InChI is InChI=1S/C12H13BrS/c1-12(2,8-13)10-7-14-11-6-4-3-5-9(10)11/h3-7H,8H2,1-2H3. The van der Waals surface area contributed by atoms with Gasteiger partial charge < -0.3 is 0 Å². The van der Waals surface area contributed by atoms with Crippen molar-refractivity contribution in [1.29, 1.82) is 0 Å². The zero-order valence-electron chi connectivity index (χ0n) is 8.38. The number of fused-ring (bicyclic) bond motifs is 1. The normalized spacial score (nSPS) is 12.2. The summed E-state index contributed by atoms with van der Waals surface area (Å²) in [5.74, 6) is 0. The van der Waals surface area contributed by atoms with Crippen molar-refractivity contribution in [2.24, 2.45) is 0 Å². The SMILES string of the molecule is CC(C)(CBr)c1csc2ccccc12. The second-order valence-corrected chi connectivity index (χ2v) is 5.64. The van der Waals surface area contributed by atoms with Crippen molar-refractivity contribution in [3.8, 4) is 0 Å². The van der Waals surface area contributed by atoms with E-state index in [1.807, 2.05) is 11.3 Å². The number of hydrogen-bond acceptors (Lipinski definition) is 1. The summed E-state index contributed by atoms with van der Waals surface area (Å²) in [7, 11) is 0. The fourth-order valence-electron chi connectivity index (χ4n) is 1.57. The lowest BCUT2D eigenvalue weighted by atomic mass is 9.87. The molecule has 1 aromatic heterocycles. The first-order valence-corrected chi connectivity index (χ1v) is 6.68. The molecule has 0 N–H and O–H groups in total. The first kappa shape index (κ1) is 10.2. The lowest BCUT2D eigenvalue weighted by Gasteiger charge is -2.21. The van der Waals surface area contributed by atoms with Gasteiger partial charge in [0.15, 0.2) is 0 Å². The van der Waals surface area contributed by atoms with Gasteiger partial charge in [-0.2, -0.15) is 0 Å². The third-order valence-electron chi connectivity index (χ3n) is 2.54. The van der Waals surface area contributed by atoms with Crippen LogP contribution in [0.15, 0.2) is 29.6 Å². The van der Waals surface area contributed by atoms with Crippen LogP contribution >= 0.6 is 27.3 Å². The van der Waals surface area contributed by atoms with Crippen molar-refractivity contribution in [1.82, 2.24) is 0 Å². The molecule has 74 valence electrons. The van der Waals surface area contributed by atoms with E-state index < -0.39 is 0 Å². The van der Waals surface area contributed by atoms with Crippen LogP contribution in [0.2, 0.25) is 0 Å². The van der Waals surface area contributed by atoms with Crippen molar-refractivity contribution in [2.45, 2.75) is 19.3 Å². The summed E-state index contributed by atoms with van der Waals surface area (Å²) < 4.78 is 1.39. The molecule has 0 atom stereocenters. The molecule has 1 aromatic carbocycles. The van der Waals surface area contributed by atoms with Gasteiger partial charge in [0.05, 0.1) is 0 Å². The Morgan fingerprint density at radius 2 is 2.00 bits per heavy atom. The number of benzene rings is 1. The van der Waals surface area contributed by atoms with Gasteiger partial charge in [-0.1, -0.05) is 48.0 Å². The molecule has 14 heavy (non-hydrogen) atoms. The van der Waals surface area contributed by atoms with Crippen molar-refractivity contribution < 1.29 is 0 Å². The fraction of sp³-hybridized carbons (Fsp3) is 0.333. The van der Waals surface area contributed by atoms with E-state index in [0.717, 1.165) is 5.33 Å². The van der Waals surface area contributed by atoms with Gasteiger partial charge in [0, 0.05) is 15.4 Å². The van der Waals surface area contributed by atoms with E-state index in [1.165, 1.54) is 15.6 Å². The van der Waals surface area contributed by atoms with E-state index in [2.05, 4.69) is 59.4 Å². The zero-order chi connectivity index (χ0) is 10.2. The summed E-state index contributed by atoms with van der Waals surface area (Å²) in [4.78, 5) is 0. The lowest BCUT2D eigenvalue weighted by Crippen LogP contribution is -2.17. The van der Waals surface area contributed by atoms with Crippen LogP contribution in [0.5, 0.6) is 0 Å². The smallest absolute Gasteiger partial charge is 0.0345 e. The summed E-state index contributed by atoms with van der Waals surface area (Å²) in [6.07, 6.45) is 0. The van der Waals surface area contributed by atoms with Gasteiger partial charge in [-0.05, 0) is 22.4 Å². The van der Waals surface area contributed by atoms with Gasteiger partial charge in [-0.25, -0.2) is 0 Å². The van der Waals surface area contributed by atoms with Crippen LogP contribution in [0.1, 0.15) is 19.4 Å². The van der Waals surface area contributed by atoms with E-state index in [1.54, 1.807) is 0 Å². The summed E-state index contributed by atoms with van der Waals surface area (Å²) >= 11 is 5.42. The van der Waals surface area contributed by atoms with Gasteiger partial charge >= 0.3 is 0 Å². The maximum atomic E-state index is 3.58. The highest BCUT2D eigenvalue weighted by molar-refractivity contribution is 9.09. The maximum Gasteiger partial charge on any atom is 0.0345 e. The second kappa shape index (κ2) is 3.67. The van der Waals surface area contributed by atoms with Crippen LogP contribution in [-0.4, -0.2) is 5.33 Å². The lowest BCUT2D eigenvalue weighted by molar-refractivity contribution is 0.614. The number of thiophene rings is 1. The average Bonchev–Trinajstić information content (AvgIpc) is 2.61. The van der Waals surface area contributed by atoms with E-state index in [0.29, 0.717) is 0 Å². The molecule has 2 heteroatoms. The third-order valence-corrected chi connectivity index (χ3v) is 4.91. The number of rotatable bonds is 2. The highest BCUT2D eigenvalue weighted by Gasteiger charge is 2.22. The van der Waals surface area contributed by atoms with Crippen LogP contribution in [-0.2, 0) is 5.41 Å². The topological polar surface area (TPSA) is 0 Å². The largest absolute Gasteiger partial charge is 0.144 e. The van der Waals surface area contributed by atoms with E-state index in [9.17, 15) is 0 Å². The van der Waals surface area contributed by atoms with Crippen molar-refractivity contribution in [2.75, 3.05) is 5.33 Å². The molecule has 0 aliphatic carbocycles. The molecule has 0 nitrogen and oxygen atoms in total. The monoisotopic (exact) mass is 268 g/mol. The third kappa shape index (κ3) is 1.61. The Morgan fingerprint density at radius 3 is 2.71 bits per heavy atom. The molecule has 0 aliphatic heterocycles. The van der Waals surface area contributed by atoms with E-state index in [4.69, 9.17) is 0 Å². The molecule has 0 aliphatic rings. The van der Waals surface area contributed by atoms with Gasteiger partial charge in [0.1, 0.15) is 0 Å². The highest BCUT2D eigenvalue weighted by Crippen LogP contribution is 2.35. The first-order chi connectivity index (χ1) is 6.65. The zero-order valence-corrected chi connectivity index (χ0v) is 10.8. The van der Waals surface area contributed by atoms with Crippen LogP contribution < -0.4 is 0 Å². The van der Waals surface area contributed by atoms with E-state index >= 15 is 0 Å². The van der Waals surface area contributed by atoms with Gasteiger partial charge in [0.2, 0.25) is 0 Å².